The first kappa shape index (κ1) is 19.9. The van der Waals surface area contributed by atoms with Crippen LogP contribution in [0.5, 0.6) is 5.75 Å². The highest BCUT2D eigenvalue weighted by atomic mass is 32.1. The van der Waals surface area contributed by atoms with Gasteiger partial charge in [-0.05, 0) is 45.0 Å². The lowest BCUT2D eigenvalue weighted by Crippen LogP contribution is -2.00. The number of hydrogen-bond donors (Lipinski definition) is 2. The predicted molar refractivity (Wildman–Crippen MR) is 108 cm³/mol. The van der Waals surface area contributed by atoms with Gasteiger partial charge >= 0.3 is 5.97 Å². The fraction of sp³-hybridized carbons (Fsp3) is 0.300. The van der Waals surface area contributed by atoms with E-state index in [1.54, 1.807) is 0 Å². The molecule has 0 fully saturated rings. The van der Waals surface area contributed by atoms with E-state index in [1.165, 1.54) is 11.3 Å². The summed E-state index contributed by atoms with van der Waals surface area (Å²) in [6.45, 7) is 4.50. The monoisotopic (exact) mass is 372 g/mol. The van der Waals surface area contributed by atoms with Crippen LogP contribution in [0.4, 0.5) is 0 Å². The molecule has 0 atom stereocenters. The number of carboxylic acids is 1. The molecule has 0 aliphatic rings. The lowest BCUT2D eigenvalue weighted by atomic mass is 10.0. The summed E-state index contributed by atoms with van der Waals surface area (Å²) >= 11 is 1.44. The average Bonchev–Trinajstić information content (AvgIpc) is 3.07. The van der Waals surface area contributed by atoms with Crippen molar-refractivity contribution in [2.75, 3.05) is 20.7 Å². The van der Waals surface area contributed by atoms with Gasteiger partial charge < -0.3 is 15.2 Å². The SMILES string of the molecule is CCOc1ccc(-c2nc(C(=O)O)c(CC)s2)c2ccccc12.CNC. The number of aromatic carboxylic acids is 1. The van der Waals surface area contributed by atoms with Crippen molar-refractivity contribution in [3.63, 3.8) is 0 Å². The van der Waals surface area contributed by atoms with Crippen molar-refractivity contribution in [3.05, 3.63) is 47.0 Å². The van der Waals surface area contributed by atoms with E-state index in [0.29, 0.717) is 13.0 Å². The second kappa shape index (κ2) is 9.31. The molecule has 0 spiro atoms. The molecule has 0 bridgehead atoms. The largest absolute Gasteiger partial charge is 0.493 e. The van der Waals surface area contributed by atoms with Crippen molar-refractivity contribution < 1.29 is 14.6 Å². The van der Waals surface area contributed by atoms with Crippen LogP contribution in [0.2, 0.25) is 0 Å². The summed E-state index contributed by atoms with van der Waals surface area (Å²) < 4.78 is 5.69. The number of thiazole rings is 1. The van der Waals surface area contributed by atoms with E-state index in [4.69, 9.17) is 4.74 Å². The number of nitrogens with one attached hydrogen (secondary N) is 1. The maximum absolute atomic E-state index is 11.4. The molecule has 2 aromatic carbocycles. The summed E-state index contributed by atoms with van der Waals surface area (Å²) in [7, 11) is 3.75. The summed E-state index contributed by atoms with van der Waals surface area (Å²) in [6.07, 6.45) is 0.661. The number of ether oxygens (including phenoxy) is 1. The van der Waals surface area contributed by atoms with Gasteiger partial charge in [-0.1, -0.05) is 31.2 Å². The molecule has 3 aromatic rings. The van der Waals surface area contributed by atoms with Crippen LogP contribution in [0.25, 0.3) is 21.3 Å². The Labute approximate surface area is 157 Å². The highest BCUT2D eigenvalue weighted by Crippen LogP contribution is 2.37. The molecule has 1 aromatic heterocycles. The molecule has 0 aliphatic carbocycles. The summed E-state index contributed by atoms with van der Waals surface area (Å²) in [5.41, 5.74) is 1.10. The molecule has 1 heterocycles. The smallest absolute Gasteiger partial charge is 0.355 e. The Morgan fingerprint density at radius 1 is 1.15 bits per heavy atom. The van der Waals surface area contributed by atoms with E-state index in [1.807, 2.05) is 64.3 Å². The zero-order valence-electron chi connectivity index (χ0n) is 15.5. The molecule has 3 rings (SSSR count). The molecular weight excluding hydrogens is 348 g/mol. The normalized spacial score (nSPS) is 10.3. The van der Waals surface area contributed by atoms with Crippen LogP contribution in [0.3, 0.4) is 0 Å². The van der Waals surface area contributed by atoms with Crippen molar-refractivity contribution in [2.24, 2.45) is 0 Å². The topological polar surface area (TPSA) is 71.5 Å². The van der Waals surface area contributed by atoms with Crippen molar-refractivity contribution in [1.82, 2.24) is 10.3 Å². The van der Waals surface area contributed by atoms with Gasteiger partial charge in [-0.15, -0.1) is 11.3 Å². The summed E-state index contributed by atoms with van der Waals surface area (Å²) in [6, 6.07) is 11.8. The van der Waals surface area contributed by atoms with Crippen LogP contribution in [-0.4, -0.2) is 36.8 Å². The van der Waals surface area contributed by atoms with Crippen molar-refractivity contribution in [3.8, 4) is 16.3 Å². The second-order valence-corrected chi connectivity index (χ2v) is 6.62. The van der Waals surface area contributed by atoms with Crippen LogP contribution < -0.4 is 10.1 Å². The van der Waals surface area contributed by atoms with Crippen LogP contribution in [0.1, 0.15) is 29.2 Å². The number of aryl methyl sites for hydroxylation is 1. The number of aromatic nitrogens is 1. The highest BCUT2D eigenvalue weighted by Gasteiger charge is 2.18. The number of nitrogens with zero attached hydrogens (tertiary/aromatic N) is 1. The number of hydrogen-bond acceptors (Lipinski definition) is 5. The van der Waals surface area contributed by atoms with E-state index in [2.05, 4.69) is 10.3 Å². The third-order valence-corrected chi connectivity index (χ3v) is 4.87. The lowest BCUT2D eigenvalue weighted by molar-refractivity contribution is 0.0690. The average molecular weight is 372 g/mol. The molecule has 0 amide bonds. The predicted octanol–water partition coefficient (Wildman–Crippen LogP) is 4.46. The Morgan fingerprint density at radius 3 is 2.35 bits per heavy atom. The molecule has 6 heteroatoms. The number of rotatable bonds is 5. The minimum atomic E-state index is -0.973. The first-order valence-corrected chi connectivity index (χ1v) is 9.35. The second-order valence-electron chi connectivity index (χ2n) is 5.54. The van der Waals surface area contributed by atoms with Crippen LogP contribution in [-0.2, 0) is 6.42 Å². The van der Waals surface area contributed by atoms with Gasteiger partial charge in [0.1, 0.15) is 10.8 Å². The fourth-order valence-corrected chi connectivity index (χ4v) is 3.65. The Hall–Kier alpha value is -2.44. The number of fused-ring (bicyclic) bond motifs is 1. The Bertz CT molecular complexity index is 890. The van der Waals surface area contributed by atoms with E-state index < -0.39 is 5.97 Å². The first-order valence-electron chi connectivity index (χ1n) is 8.53. The molecule has 5 nitrogen and oxygen atoms in total. The maximum Gasteiger partial charge on any atom is 0.355 e. The van der Waals surface area contributed by atoms with Crippen LogP contribution in [0, 0.1) is 0 Å². The summed E-state index contributed by atoms with van der Waals surface area (Å²) in [5, 5.41) is 14.8. The number of benzene rings is 2. The van der Waals surface area contributed by atoms with Gasteiger partial charge in [0.05, 0.1) is 6.61 Å². The van der Waals surface area contributed by atoms with Gasteiger partial charge in [0.15, 0.2) is 5.69 Å². The Balaban J connectivity index is 0.000000758. The third-order valence-electron chi connectivity index (χ3n) is 3.64. The molecule has 0 saturated carbocycles. The molecular formula is C20H24N2O3S. The van der Waals surface area contributed by atoms with Gasteiger partial charge in [0.2, 0.25) is 0 Å². The van der Waals surface area contributed by atoms with E-state index in [9.17, 15) is 9.90 Å². The molecule has 0 unspecified atom stereocenters. The molecule has 0 aliphatic heterocycles. The summed E-state index contributed by atoms with van der Waals surface area (Å²) in [4.78, 5) is 16.5. The zero-order chi connectivity index (χ0) is 19.1. The minimum absolute atomic E-state index is 0.158. The van der Waals surface area contributed by atoms with Gasteiger partial charge in [0, 0.05) is 15.8 Å². The zero-order valence-corrected chi connectivity index (χ0v) is 16.3. The number of carboxylic acid groups (broad SMARTS) is 1. The van der Waals surface area contributed by atoms with Gasteiger partial charge in [-0.25, -0.2) is 9.78 Å². The van der Waals surface area contributed by atoms with Gasteiger partial charge in [0.25, 0.3) is 0 Å². The van der Waals surface area contributed by atoms with Crippen molar-refractivity contribution in [2.45, 2.75) is 20.3 Å². The molecule has 138 valence electrons. The first-order chi connectivity index (χ1) is 12.6. The van der Waals surface area contributed by atoms with Crippen molar-refractivity contribution >= 4 is 28.1 Å². The van der Waals surface area contributed by atoms with E-state index in [0.717, 1.165) is 32.0 Å². The third kappa shape index (κ3) is 4.20. The maximum atomic E-state index is 11.4. The minimum Gasteiger partial charge on any atom is -0.493 e. The van der Waals surface area contributed by atoms with E-state index in [-0.39, 0.29) is 5.69 Å². The standard InChI is InChI=1S/C18H17NO3S.C2H7N/c1-3-15-16(18(20)21)19-17(23-15)13-9-10-14(22-4-2)12-8-6-5-7-11(12)13;1-3-2/h5-10H,3-4H2,1-2H3,(H,20,21);3H,1-2H3. The van der Waals surface area contributed by atoms with Gasteiger partial charge in [-0.2, -0.15) is 0 Å². The van der Waals surface area contributed by atoms with Crippen LogP contribution >= 0.6 is 11.3 Å². The van der Waals surface area contributed by atoms with Gasteiger partial charge in [-0.3, -0.25) is 0 Å². The molecule has 2 N–H and O–H groups in total. The number of carbonyl (C=O) groups is 1. The molecule has 0 saturated heterocycles. The Morgan fingerprint density at radius 2 is 1.81 bits per heavy atom. The fourth-order valence-electron chi connectivity index (χ4n) is 2.61. The van der Waals surface area contributed by atoms with E-state index >= 15 is 0 Å². The lowest BCUT2D eigenvalue weighted by Gasteiger charge is -2.10. The highest BCUT2D eigenvalue weighted by molar-refractivity contribution is 7.15. The quantitative estimate of drug-likeness (QED) is 0.692. The summed E-state index contributed by atoms with van der Waals surface area (Å²) in [5.74, 6) is -0.142. The Kier molecular flexibility index (Phi) is 7.12. The van der Waals surface area contributed by atoms with Crippen molar-refractivity contribution in [1.29, 1.82) is 0 Å². The molecule has 0 radical (unpaired) electrons. The molecule has 26 heavy (non-hydrogen) atoms. The van der Waals surface area contributed by atoms with Crippen LogP contribution in [0.15, 0.2) is 36.4 Å².